The summed E-state index contributed by atoms with van der Waals surface area (Å²) in [5.41, 5.74) is 0.688. The highest BCUT2D eigenvalue weighted by atomic mass is 32.2. The number of amides is 1. The molecule has 0 radical (unpaired) electrons. The maximum Gasteiger partial charge on any atom is 0.222 e. The molecule has 0 aliphatic rings. The van der Waals surface area contributed by atoms with Crippen molar-refractivity contribution in [1.82, 2.24) is 10.0 Å². The molecule has 0 saturated heterocycles. The fraction of sp³-hybridized carbons (Fsp3) is 0.500. The van der Waals surface area contributed by atoms with E-state index in [4.69, 9.17) is 9.47 Å². The molecule has 7 nitrogen and oxygen atoms in total. The third-order valence-electron chi connectivity index (χ3n) is 2.89. The van der Waals surface area contributed by atoms with Crippen molar-refractivity contribution in [3.05, 3.63) is 29.8 Å². The maximum absolute atomic E-state index is 11.9. The van der Waals surface area contributed by atoms with Crippen LogP contribution in [0.3, 0.4) is 0 Å². The van der Waals surface area contributed by atoms with Gasteiger partial charge in [0.25, 0.3) is 0 Å². The van der Waals surface area contributed by atoms with Gasteiger partial charge in [-0.3, -0.25) is 4.79 Å². The molecule has 1 rings (SSSR count). The second-order valence-corrected chi connectivity index (χ2v) is 6.54. The lowest BCUT2D eigenvalue weighted by Gasteiger charge is -2.18. The van der Waals surface area contributed by atoms with Gasteiger partial charge in [0.05, 0.1) is 26.0 Å². The van der Waals surface area contributed by atoms with E-state index in [1.165, 1.54) is 7.11 Å². The Balaban J connectivity index is 2.81. The lowest BCUT2D eigenvalue weighted by atomic mass is 10.0. The molecule has 1 atom stereocenters. The molecule has 0 aliphatic heterocycles. The standard InChI is InChI=1S/C14H22N2O5S/c1-20-9-8-15-14(17)10-13(16-22(3,18)19)11-4-6-12(21-2)7-5-11/h4-7,13,16H,8-10H2,1-3H3,(H,15,17)/t13-/m1/s1. The molecule has 2 N–H and O–H groups in total. The summed E-state index contributed by atoms with van der Waals surface area (Å²) in [4.78, 5) is 11.9. The number of methoxy groups -OCH3 is 2. The summed E-state index contributed by atoms with van der Waals surface area (Å²) in [6.45, 7) is 0.780. The molecule has 0 unspecified atom stereocenters. The topological polar surface area (TPSA) is 93.7 Å². The van der Waals surface area contributed by atoms with Gasteiger partial charge in [0.15, 0.2) is 0 Å². The van der Waals surface area contributed by atoms with Crippen LogP contribution >= 0.6 is 0 Å². The summed E-state index contributed by atoms with van der Waals surface area (Å²) in [5.74, 6) is 0.403. The molecule has 1 aromatic rings. The van der Waals surface area contributed by atoms with Crippen LogP contribution in [0, 0.1) is 0 Å². The number of carbonyl (C=O) groups is 1. The van der Waals surface area contributed by atoms with Crippen LogP contribution < -0.4 is 14.8 Å². The normalized spacial score (nSPS) is 12.7. The Bertz CT molecular complexity index is 571. The monoisotopic (exact) mass is 330 g/mol. The molecule has 22 heavy (non-hydrogen) atoms. The van der Waals surface area contributed by atoms with Gasteiger partial charge < -0.3 is 14.8 Å². The van der Waals surface area contributed by atoms with Crippen molar-refractivity contribution in [1.29, 1.82) is 0 Å². The Morgan fingerprint density at radius 2 is 1.86 bits per heavy atom. The highest BCUT2D eigenvalue weighted by molar-refractivity contribution is 7.88. The SMILES string of the molecule is COCCNC(=O)C[C@@H](NS(C)(=O)=O)c1ccc(OC)cc1. The first-order valence-electron chi connectivity index (χ1n) is 6.72. The number of carbonyl (C=O) groups excluding carboxylic acids is 1. The molecule has 0 heterocycles. The molecule has 0 saturated carbocycles. The molecule has 8 heteroatoms. The van der Waals surface area contributed by atoms with Crippen LogP contribution in [-0.4, -0.2) is 48.0 Å². The molecule has 1 amide bonds. The van der Waals surface area contributed by atoms with Gasteiger partial charge in [-0.2, -0.15) is 0 Å². The number of hydrogen-bond donors (Lipinski definition) is 2. The molecule has 124 valence electrons. The van der Waals surface area contributed by atoms with Crippen molar-refractivity contribution in [2.24, 2.45) is 0 Å². The Kier molecular flexibility index (Phi) is 7.30. The van der Waals surface area contributed by atoms with Gasteiger partial charge in [0.1, 0.15) is 5.75 Å². The number of rotatable bonds is 9. The maximum atomic E-state index is 11.9. The third-order valence-corrected chi connectivity index (χ3v) is 3.61. The van der Waals surface area contributed by atoms with Gasteiger partial charge in [-0.25, -0.2) is 13.1 Å². The van der Waals surface area contributed by atoms with E-state index in [-0.39, 0.29) is 12.3 Å². The highest BCUT2D eigenvalue weighted by Crippen LogP contribution is 2.21. The Hall–Kier alpha value is -1.64. The van der Waals surface area contributed by atoms with Crippen molar-refractivity contribution in [3.8, 4) is 5.75 Å². The second kappa shape index (κ2) is 8.72. The summed E-state index contributed by atoms with van der Waals surface area (Å²) in [5, 5.41) is 2.67. The van der Waals surface area contributed by atoms with Crippen LogP contribution in [0.25, 0.3) is 0 Å². The predicted molar refractivity (Wildman–Crippen MR) is 83.2 cm³/mol. The van der Waals surface area contributed by atoms with E-state index in [1.807, 2.05) is 0 Å². The summed E-state index contributed by atoms with van der Waals surface area (Å²) in [6.07, 6.45) is 1.06. The Morgan fingerprint density at radius 1 is 1.23 bits per heavy atom. The van der Waals surface area contributed by atoms with E-state index in [0.29, 0.717) is 24.5 Å². The largest absolute Gasteiger partial charge is 0.497 e. The van der Waals surface area contributed by atoms with Gasteiger partial charge in [-0.15, -0.1) is 0 Å². The number of hydrogen-bond acceptors (Lipinski definition) is 5. The summed E-state index contributed by atoms with van der Waals surface area (Å²) in [7, 11) is -0.359. The second-order valence-electron chi connectivity index (χ2n) is 4.76. The number of sulfonamides is 1. The quantitative estimate of drug-likeness (QED) is 0.641. The first kappa shape index (κ1) is 18.4. The van der Waals surface area contributed by atoms with E-state index >= 15 is 0 Å². The molecular weight excluding hydrogens is 308 g/mol. The van der Waals surface area contributed by atoms with Crippen molar-refractivity contribution in [2.45, 2.75) is 12.5 Å². The molecule has 0 fully saturated rings. The van der Waals surface area contributed by atoms with Gasteiger partial charge >= 0.3 is 0 Å². The number of ether oxygens (including phenoxy) is 2. The number of nitrogens with one attached hydrogen (secondary N) is 2. The molecule has 1 aromatic carbocycles. The van der Waals surface area contributed by atoms with Gasteiger partial charge in [-0.1, -0.05) is 12.1 Å². The zero-order valence-electron chi connectivity index (χ0n) is 13.0. The van der Waals surface area contributed by atoms with Crippen LogP contribution in [0.5, 0.6) is 5.75 Å². The molecule has 0 aliphatic carbocycles. The zero-order valence-corrected chi connectivity index (χ0v) is 13.8. The lowest BCUT2D eigenvalue weighted by molar-refractivity contribution is -0.121. The minimum Gasteiger partial charge on any atom is -0.497 e. The average Bonchev–Trinajstić information content (AvgIpc) is 2.45. The van der Waals surface area contributed by atoms with Gasteiger partial charge in [-0.05, 0) is 17.7 Å². The van der Waals surface area contributed by atoms with E-state index in [9.17, 15) is 13.2 Å². The highest BCUT2D eigenvalue weighted by Gasteiger charge is 2.19. The van der Waals surface area contributed by atoms with Crippen LogP contribution in [0.2, 0.25) is 0 Å². The smallest absolute Gasteiger partial charge is 0.222 e. The summed E-state index contributed by atoms with van der Waals surface area (Å²) >= 11 is 0. The first-order valence-corrected chi connectivity index (χ1v) is 8.61. The fourth-order valence-corrected chi connectivity index (χ4v) is 2.61. The van der Waals surface area contributed by atoms with Crippen molar-refractivity contribution < 1.29 is 22.7 Å². The fourth-order valence-electron chi connectivity index (χ4n) is 1.87. The summed E-state index contributed by atoms with van der Waals surface area (Å²) < 4.78 is 35.4. The lowest BCUT2D eigenvalue weighted by Crippen LogP contribution is -2.34. The Labute approximate surface area is 131 Å². The van der Waals surface area contributed by atoms with Crippen molar-refractivity contribution >= 4 is 15.9 Å². The van der Waals surface area contributed by atoms with Crippen LogP contribution in [-0.2, 0) is 19.6 Å². The predicted octanol–water partition coefficient (Wildman–Crippen LogP) is 0.438. The van der Waals surface area contributed by atoms with Gasteiger partial charge in [0, 0.05) is 20.1 Å². The van der Waals surface area contributed by atoms with E-state index in [0.717, 1.165) is 6.26 Å². The van der Waals surface area contributed by atoms with E-state index in [1.54, 1.807) is 31.4 Å². The van der Waals surface area contributed by atoms with Crippen molar-refractivity contribution in [2.75, 3.05) is 33.6 Å². The van der Waals surface area contributed by atoms with E-state index < -0.39 is 16.1 Å². The Morgan fingerprint density at radius 3 is 2.36 bits per heavy atom. The van der Waals surface area contributed by atoms with E-state index in [2.05, 4.69) is 10.0 Å². The zero-order chi connectivity index (χ0) is 16.6. The molecule has 0 bridgehead atoms. The van der Waals surface area contributed by atoms with Crippen LogP contribution in [0.1, 0.15) is 18.0 Å². The van der Waals surface area contributed by atoms with Crippen LogP contribution in [0.15, 0.2) is 24.3 Å². The third kappa shape index (κ3) is 6.88. The average molecular weight is 330 g/mol. The van der Waals surface area contributed by atoms with Gasteiger partial charge in [0.2, 0.25) is 15.9 Å². The van der Waals surface area contributed by atoms with Crippen molar-refractivity contribution in [3.63, 3.8) is 0 Å². The van der Waals surface area contributed by atoms with Crippen LogP contribution in [0.4, 0.5) is 0 Å². The molecular formula is C14H22N2O5S. The number of benzene rings is 1. The minimum absolute atomic E-state index is 0.00309. The summed E-state index contributed by atoms with van der Waals surface area (Å²) in [6, 6.07) is 6.25. The first-order chi connectivity index (χ1) is 10.4. The minimum atomic E-state index is -3.44. The molecule has 0 spiro atoms. The molecule has 0 aromatic heterocycles.